The second-order valence-corrected chi connectivity index (χ2v) is 6.46. The summed E-state index contributed by atoms with van der Waals surface area (Å²) in [6, 6.07) is 6.69. The van der Waals surface area contributed by atoms with Crippen LogP contribution >= 0.6 is 0 Å². The molecular weight excluding hydrogens is 210 g/mol. The molecule has 0 aromatic heterocycles. The van der Waals surface area contributed by atoms with Gasteiger partial charge in [0.2, 0.25) is 0 Å². The minimum absolute atomic E-state index is 0.146. The number of sulfone groups is 1. The van der Waals surface area contributed by atoms with Crippen molar-refractivity contribution in [3.63, 3.8) is 0 Å². The summed E-state index contributed by atoms with van der Waals surface area (Å²) in [5.74, 6) is 0. The first kappa shape index (κ1) is 12.2. The fraction of sp³-hybridized carbons (Fsp3) is 0.455. The van der Waals surface area contributed by atoms with E-state index >= 15 is 0 Å². The first-order valence-electron chi connectivity index (χ1n) is 4.95. The van der Waals surface area contributed by atoms with Gasteiger partial charge in [0.1, 0.15) is 0 Å². The summed E-state index contributed by atoms with van der Waals surface area (Å²) in [7, 11) is -3.19. The largest absolute Gasteiger partial charge is 0.324 e. The van der Waals surface area contributed by atoms with Crippen molar-refractivity contribution in [3.05, 3.63) is 29.8 Å². The summed E-state index contributed by atoms with van der Waals surface area (Å²) < 4.78 is 23.7. The molecule has 0 spiro atoms. The molecule has 1 aromatic rings. The molecule has 0 amide bonds. The van der Waals surface area contributed by atoms with Crippen molar-refractivity contribution >= 4 is 9.84 Å². The van der Waals surface area contributed by atoms with Crippen LogP contribution in [0.25, 0.3) is 0 Å². The summed E-state index contributed by atoms with van der Waals surface area (Å²) in [5.41, 5.74) is 6.55. The summed E-state index contributed by atoms with van der Waals surface area (Å²) in [6.07, 6.45) is 0. The van der Waals surface area contributed by atoms with Gasteiger partial charge in [0, 0.05) is 6.04 Å². The molecular formula is C11H17NO2S. The molecule has 1 rings (SSSR count). The predicted octanol–water partition coefficient (Wildman–Crippen LogP) is 1.89. The lowest BCUT2D eigenvalue weighted by molar-refractivity contribution is 0.587. The zero-order valence-corrected chi connectivity index (χ0v) is 10.1. The first-order valence-corrected chi connectivity index (χ1v) is 6.49. The van der Waals surface area contributed by atoms with E-state index in [2.05, 4.69) is 0 Å². The highest BCUT2D eigenvalue weighted by molar-refractivity contribution is 7.92. The van der Waals surface area contributed by atoms with Crippen LogP contribution in [0.1, 0.15) is 32.4 Å². The van der Waals surface area contributed by atoms with Crippen LogP contribution in [0.2, 0.25) is 0 Å². The van der Waals surface area contributed by atoms with Gasteiger partial charge in [0.15, 0.2) is 9.84 Å². The zero-order chi connectivity index (χ0) is 11.6. The van der Waals surface area contributed by atoms with Gasteiger partial charge in [-0.25, -0.2) is 8.42 Å². The second kappa shape index (κ2) is 4.33. The standard InChI is InChI=1S/C11H17NO2S/c1-8(2)15(13,14)11-6-4-5-10(7-11)9(3)12/h4-9H,12H2,1-3H3. The van der Waals surface area contributed by atoms with Gasteiger partial charge in [-0.3, -0.25) is 0 Å². The average Bonchev–Trinajstić information content (AvgIpc) is 2.17. The minimum Gasteiger partial charge on any atom is -0.324 e. The van der Waals surface area contributed by atoms with Gasteiger partial charge in [-0.05, 0) is 38.5 Å². The van der Waals surface area contributed by atoms with Crippen LogP contribution in [-0.2, 0) is 9.84 Å². The molecule has 84 valence electrons. The van der Waals surface area contributed by atoms with Gasteiger partial charge in [-0.1, -0.05) is 12.1 Å². The van der Waals surface area contributed by atoms with Crippen molar-refractivity contribution in [1.82, 2.24) is 0 Å². The van der Waals surface area contributed by atoms with Crippen molar-refractivity contribution in [1.29, 1.82) is 0 Å². The zero-order valence-electron chi connectivity index (χ0n) is 9.27. The Hall–Kier alpha value is -0.870. The Morgan fingerprint density at radius 2 is 1.80 bits per heavy atom. The Kier molecular flexibility index (Phi) is 3.52. The maximum absolute atomic E-state index is 11.9. The predicted molar refractivity (Wildman–Crippen MR) is 61.4 cm³/mol. The van der Waals surface area contributed by atoms with Crippen LogP contribution in [0.3, 0.4) is 0 Å². The van der Waals surface area contributed by atoms with Gasteiger partial charge >= 0.3 is 0 Å². The molecule has 0 fully saturated rings. The second-order valence-electron chi connectivity index (χ2n) is 3.95. The van der Waals surface area contributed by atoms with Gasteiger partial charge in [-0.15, -0.1) is 0 Å². The molecule has 0 saturated heterocycles. The Morgan fingerprint density at radius 1 is 1.20 bits per heavy atom. The molecule has 15 heavy (non-hydrogen) atoms. The third kappa shape index (κ3) is 2.58. The average molecular weight is 227 g/mol. The number of rotatable bonds is 3. The van der Waals surface area contributed by atoms with Crippen LogP contribution in [0.15, 0.2) is 29.2 Å². The summed E-state index contributed by atoms with van der Waals surface area (Å²) in [4.78, 5) is 0.354. The van der Waals surface area contributed by atoms with Crippen LogP contribution < -0.4 is 5.73 Å². The Bertz CT molecular complexity index is 436. The molecule has 0 aliphatic heterocycles. The smallest absolute Gasteiger partial charge is 0.180 e. The molecule has 3 nitrogen and oxygen atoms in total. The number of nitrogens with two attached hydrogens (primary N) is 1. The van der Waals surface area contributed by atoms with E-state index < -0.39 is 15.1 Å². The van der Waals surface area contributed by atoms with Crippen molar-refractivity contribution in [2.75, 3.05) is 0 Å². The van der Waals surface area contributed by atoms with Crippen molar-refractivity contribution in [3.8, 4) is 0 Å². The SMILES string of the molecule is CC(N)c1cccc(S(=O)(=O)C(C)C)c1. The molecule has 1 aromatic carbocycles. The first-order chi connectivity index (χ1) is 6.85. The Labute approximate surface area is 91.2 Å². The van der Waals surface area contributed by atoms with Gasteiger partial charge in [0.05, 0.1) is 10.1 Å². The van der Waals surface area contributed by atoms with Crippen LogP contribution in [-0.4, -0.2) is 13.7 Å². The normalized spacial score (nSPS) is 14.2. The minimum atomic E-state index is -3.19. The maximum Gasteiger partial charge on any atom is 0.180 e. The van der Waals surface area contributed by atoms with Crippen LogP contribution in [0.4, 0.5) is 0 Å². The maximum atomic E-state index is 11.9. The van der Waals surface area contributed by atoms with Gasteiger partial charge < -0.3 is 5.73 Å². The highest BCUT2D eigenvalue weighted by Gasteiger charge is 2.19. The Morgan fingerprint density at radius 3 is 2.27 bits per heavy atom. The fourth-order valence-electron chi connectivity index (χ4n) is 1.25. The molecule has 0 aliphatic rings. The lowest BCUT2D eigenvalue weighted by Crippen LogP contribution is -2.15. The van der Waals surface area contributed by atoms with E-state index in [0.29, 0.717) is 4.90 Å². The molecule has 2 N–H and O–H groups in total. The topological polar surface area (TPSA) is 60.2 Å². The lowest BCUT2D eigenvalue weighted by Gasteiger charge is -2.11. The molecule has 1 atom stereocenters. The fourth-order valence-corrected chi connectivity index (χ4v) is 2.36. The van der Waals surface area contributed by atoms with E-state index in [0.717, 1.165) is 5.56 Å². The van der Waals surface area contributed by atoms with E-state index in [1.807, 2.05) is 13.0 Å². The molecule has 0 radical (unpaired) electrons. The molecule has 4 heteroatoms. The van der Waals surface area contributed by atoms with Crippen LogP contribution in [0.5, 0.6) is 0 Å². The van der Waals surface area contributed by atoms with Crippen molar-refractivity contribution in [2.24, 2.45) is 5.73 Å². The van der Waals surface area contributed by atoms with Gasteiger partial charge in [0.25, 0.3) is 0 Å². The number of benzene rings is 1. The molecule has 0 heterocycles. The molecule has 0 aliphatic carbocycles. The highest BCUT2D eigenvalue weighted by atomic mass is 32.2. The number of hydrogen-bond donors (Lipinski definition) is 1. The van der Waals surface area contributed by atoms with E-state index in [1.54, 1.807) is 32.0 Å². The highest BCUT2D eigenvalue weighted by Crippen LogP contribution is 2.19. The van der Waals surface area contributed by atoms with Crippen molar-refractivity contribution in [2.45, 2.75) is 37.0 Å². The molecule has 1 unspecified atom stereocenters. The molecule has 0 bridgehead atoms. The third-order valence-electron chi connectivity index (χ3n) is 2.33. The third-order valence-corrected chi connectivity index (χ3v) is 4.49. The summed E-state index contributed by atoms with van der Waals surface area (Å²) in [6.45, 7) is 5.18. The monoisotopic (exact) mass is 227 g/mol. The summed E-state index contributed by atoms with van der Waals surface area (Å²) in [5, 5.41) is -0.402. The summed E-state index contributed by atoms with van der Waals surface area (Å²) >= 11 is 0. The molecule has 0 saturated carbocycles. The van der Waals surface area contributed by atoms with Gasteiger partial charge in [-0.2, -0.15) is 0 Å². The van der Waals surface area contributed by atoms with E-state index in [4.69, 9.17) is 5.73 Å². The van der Waals surface area contributed by atoms with Crippen molar-refractivity contribution < 1.29 is 8.42 Å². The van der Waals surface area contributed by atoms with E-state index in [-0.39, 0.29) is 6.04 Å². The Balaban J connectivity index is 3.23. The number of hydrogen-bond acceptors (Lipinski definition) is 3. The van der Waals surface area contributed by atoms with E-state index in [1.165, 1.54) is 0 Å². The van der Waals surface area contributed by atoms with E-state index in [9.17, 15) is 8.42 Å². The lowest BCUT2D eigenvalue weighted by atomic mass is 10.1. The van der Waals surface area contributed by atoms with Crippen LogP contribution in [0, 0.1) is 0 Å². The quantitative estimate of drug-likeness (QED) is 0.857.